The molecule has 3 heteroatoms. The number of hydrogen-bond acceptors (Lipinski definition) is 2. The molecule has 0 aromatic heterocycles. The van der Waals surface area contributed by atoms with Crippen LogP contribution in [0.3, 0.4) is 0 Å². The van der Waals surface area contributed by atoms with Crippen LogP contribution in [0.5, 0.6) is 0 Å². The maximum Gasteiger partial charge on any atom is 0.303 e. The molecule has 1 unspecified atom stereocenters. The van der Waals surface area contributed by atoms with Gasteiger partial charge in [0, 0.05) is 13.0 Å². The molecular weight excluding hydrogens is 216 g/mol. The third-order valence-corrected chi connectivity index (χ3v) is 2.90. The van der Waals surface area contributed by atoms with Gasteiger partial charge in [-0.15, -0.1) is 0 Å². The smallest absolute Gasteiger partial charge is 0.303 e. The van der Waals surface area contributed by atoms with Gasteiger partial charge in [-0.1, -0.05) is 18.2 Å². The number of carboxylic acids is 1. The van der Waals surface area contributed by atoms with Crippen LogP contribution in [0.15, 0.2) is 18.2 Å². The molecule has 0 aliphatic rings. The highest BCUT2D eigenvalue weighted by atomic mass is 16.5. The number of carbonyl (C=O) groups is 1. The van der Waals surface area contributed by atoms with Gasteiger partial charge in [-0.2, -0.15) is 0 Å². The summed E-state index contributed by atoms with van der Waals surface area (Å²) in [6, 6.07) is 6.27. The molecule has 94 valence electrons. The molecule has 3 nitrogen and oxygen atoms in total. The van der Waals surface area contributed by atoms with E-state index in [1.807, 2.05) is 6.92 Å². The van der Waals surface area contributed by atoms with Crippen LogP contribution in [0.25, 0.3) is 0 Å². The molecule has 1 aromatic carbocycles. The molecule has 0 spiro atoms. The minimum absolute atomic E-state index is 0.0168. The summed E-state index contributed by atoms with van der Waals surface area (Å²) >= 11 is 0. The molecule has 0 saturated heterocycles. The second-order valence-electron chi connectivity index (χ2n) is 4.35. The van der Waals surface area contributed by atoms with Gasteiger partial charge in [-0.05, 0) is 43.9 Å². The van der Waals surface area contributed by atoms with E-state index >= 15 is 0 Å². The first kappa shape index (κ1) is 13.7. The first-order valence-corrected chi connectivity index (χ1v) is 5.91. The summed E-state index contributed by atoms with van der Waals surface area (Å²) in [5, 5.41) is 8.51. The van der Waals surface area contributed by atoms with E-state index in [0.29, 0.717) is 13.0 Å². The summed E-state index contributed by atoms with van der Waals surface area (Å²) in [5.74, 6) is -0.771. The SMILES string of the molecule is Cc1ccc(C(C)OCCCC(=O)O)cc1C. The highest BCUT2D eigenvalue weighted by Gasteiger charge is 2.07. The monoisotopic (exact) mass is 236 g/mol. The molecule has 1 N–H and O–H groups in total. The molecule has 0 aliphatic heterocycles. The molecule has 0 radical (unpaired) electrons. The van der Waals surface area contributed by atoms with Crippen molar-refractivity contribution in [3.63, 3.8) is 0 Å². The van der Waals surface area contributed by atoms with Gasteiger partial charge in [-0.3, -0.25) is 4.79 Å². The van der Waals surface area contributed by atoms with Crippen LogP contribution < -0.4 is 0 Å². The first-order chi connectivity index (χ1) is 8.00. The van der Waals surface area contributed by atoms with Crippen molar-refractivity contribution in [2.24, 2.45) is 0 Å². The quantitative estimate of drug-likeness (QED) is 0.771. The molecule has 1 rings (SSSR count). The lowest BCUT2D eigenvalue weighted by Gasteiger charge is -2.14. The fraction of sp³-hybridized carbons (Fsp3) is 0.500. The van der Waals surface area contributed by atoms with Crippen molar-refractivity contribution in [3.05, 3.63) is 34.9 Å². The van der Waals surface area contributed by atoms with Crippen LogP contribution in [0, 0.1) is 13.8 Å². The van der Waals surface area contributed by atoms with Crippen molar-refractivity contribution in [2.75, 3.05) is 6.61 Å². The summed E-state index contributed by atoms with van der Waals surface area (Å²) in [4.78, 5) is 10.3. The van der Waals surface area contributed by atoms with Crippen LogP contribution in [0.1, 0.15) is 42.6 Å². The highest BCUT2D eigenvalue weighted by molar-refractivity contribution is 5.66. The van der Waals surface area contributed by atoms with E-state index in [9.17, 15) is 4.79 Å². The van der Waals surface area contributed by atoms with E-state index < -0.39 is 5.97 Å². The van der Waals surface area contributed by atoms with Gasteiger partial charge in [0.05, 0.1) is 6.10 Å². The van der Waals surface area contributed by atoms with Crippen LogP contribution in [-0.4, -0.2) is 17.7 Å². The average Bonchev–Trinajstić information content (AvgIpc) is 2.27. The van der Waals surface area contributed by atoms with Gasteiger partial charge in [0.1, 0.15) is 0 Å². The van der Waals surface area contributed by atoms with E-state index in [2.05, 4.69) is 32.0 Å². The third kappa shape index (κ3) is 4.57. The predicted molar refractivity (Wildman–Crippen MR) is 67.2 cm³/mol. The Kier molecular flexibility index (Phi) is 5.16. The second kappa shape index (κ2) is 6.40. The molecule has 0 heterocycles. The van der Waals surface area contributed by atoms with E-state index in [0.717, 1.165) is 5.56 Å². The number of hydrogen-bond donors (Lipinski definition) is 1. The Labute approximate surface area is 102 Å². The van der Waals surface area contributed by atoms with E-state index in [1.165, 1.54) is 11.1 Å². The Morgan fingerprint density at radius 2 is 2.06 bits per heavy atom. The Bertz CT molecular complexity index is 385. The van der Waals surface area contributed by atoms with Crippen molar-refractivity contribution in [3.8, 4) is 0 Å². The van der Waals surface area contributed by atoms with Crippen LogP contribution in [0.2, 0.25) is 0 Å². The van der Waals surface area contributed by atoms with Gasteiger partial charge in [0.25, 0.3) is 0 Å². The molecular formula is C14H20O3. The zero-order valence-corrected chi connectivity index (χ0v) is 10.7. The van der Waals surface area contributed by atoms with E-state index in [1.54, 1.807) is 0 Å². The Balaban J connectivity index is 2.44. The molecule has 0 aliphatic carbocycles. The molecule has 0 saturated carbocycles. The number of benzene rings is 1. The number of carboxylic acid groups (broad SMARTS) is 1. The highest BCUT2D eigenvalue weighted by Crippen LogP contribution is 2.20. The summed E-state index contributed by atoms with van der Waals surface area (Å²) < 4.78 is 5.61. The number of ether oxygens (including phenoxy) is 1. The fourth-order valence-corrected chi connectivity index (χ4v) is 1.60. The van der Waals surface area contributed by atoms with Gasteiger partial charge in [-0.25, -0.2) is 0 Å². The van der Waals surface area contributed by atoms with Gasteiger partial charge >= 0.3 is 5.97 Å². The van der Waals surface area contributed by atoms with Crippen LogP contribution in [0.4, 0.5) is 0 Å². The Hall–Kier alpha value is -1.35. The molecule has 0 bridgehead atoms. The minimum Gasteiger partial charge on any atom is -0.481 e. The summed E-state index contributed by atoms with van der Waals surface area (Å²) in [7, 11) is 0. The number of aryl methyl sites for hydroxylation is 2. The van der Waals surface area contributed by atoms with Crippen LogP contribution in [-0.2, 0) is 9.53 Å². The summed E-state index contributed by atoms with van der Waals surface area (Å²) in [6.07, 6.45) is 0.743. The van der Waals surface area contributed by atoms with Crippen molar-refractivity contribution in [1.82, 2.24) is 0 Å². The molecule has 1 atom stereocenters. The number of rotatable bonds is 6. The topological polar surface area (TPSA) is 46.5 Å². The van der Waals surface area contributed by atoms with Crippen LogP contribution >= 0.6 is 0 Å². The second-order valence-corrected chi connectivity index (χ2v) is 4.35. The molecule has 0 fully saturated rings. The first-order valence-electron chi connectivity index (χ1n) is 5.91. The zero-order chi connectivity index (χ0) is 12.8. The normalized spacial score (nSPS) is 12.4. The lowest BCUT2D eigenvalue weighted by atomic mass is 10.0. The van der Waals surface area contributed by atoms with Gasteiger partial charge in [0.2, 0.25) is 0 Å². The number of aliphatic carboxylic acids is 1. The van der Waals surface area contributed by atoms with E-state index in [-0.39, 0.29) is 12.5 Å². The molecule has 17 heavy (non-hydrogen) atoms. The predicted octanol–water partition coefficient (Wildman–Crippen LogP) is 3.25. The van der Waals surface area contributed by atoms with Gasteiger partial charge < -0.3 is 9.84 Å². The summed E-state index contributed by atoms with van der Waals surface area (Å²) in [6.45, 7) is 6.64. The fourth-order valence-electron chi connectivity index (χ4n) is 1.60. The van der Waals surface area contributed by atoms with Crippen molar-refractivity contribution >= 4 is 5.97 Å². The summed E-state index contributed by atoms with van der Waals surface area (Å²) in [5.41, 5.74) is 3.67. The maximum atomic E-state index is 10.3. The largest absolute Gasteiger partial charge is 0.481 e. The maximum absolute atomic E-state index is 10.3. The average molecular weight is 236 g/mol. The van der Waals surface area contributed by atoms with E-state index in [4.69, 9.17) is 9.84 Å². The van der Waals surface area contributed by atoms with Crippen molar-refractivity contribution in [1.29, 1.82) is 0 Å². The zero-order valence-electron chi connectivity index (χ0n) is 10.7. The third-order valence-electron chi connectivity index (χ3n) is 2.90. The Morgan fingerprint density at radius 1 is 1.35 bits per heavy atom. The standard InChI is InChI=1S/C14H20O3/c1-10-6-7-13(9-11(10)2)12(3)17-8-4-5-14(15)16/h6-7,9,12H,4-5,8H2,1-3H3,(H,15,16). The lowest BCUT2D eigenvalue weighted by Crippen LogP contribution is -2.04. The van der Waals surface area contributed by atoms with Gasteiger partial charge in [0.15, 0.2) is 0 Å². The Morgan fingerprint density at radius 3 is 2.65 bits per heavy atom. The molecule has 1 aromatic rings. The molecule has 0 amide bonds. The minimum atomic E-state index is -0.771. The lowest BCUT2D eigenvalue weighted by molar-refractivity contribution is -0.137. The van der Waals surface area contributed by atoms with Crippen molar-refractivity contribution in [2.45, 2.75) is 39.7 Å². The van der Waals surface area contributed by atoms with Crippen molar-refractivity contribution < 1.29 is 14.6 Å².